The first kappa shape index (κ1) is 13.4. The molecular formula is C16H28N2O. The molecule has 1 amide bonds. The molecule has 3 nitrogen and oxygen atoms in total. The average Bonchev–Trinajstić information content (AvgIpc) is 2.86. The molecule has 0 spiro atoms. The highest BCUT2D eigenvalue weighted by Gasteiger charge is 2.50. The van der Waals surface area contributed by atoms with Crippen LogP contribution >= 0.6 is 0 Å². The Hall–Kier alpha value is -0.570. The number of rotatable bonds is 2. The average molecular weight is 264 g/mol. The van der Waals surface area contributed by atoms with Gasteiger partial charge >= 0.3 is 0 Å². The molecule has 3 fully saturated rings. The molecule has 2 saturated carbocycles. The van der Waals surface area contributed by atoms with Crippen molar-refractivity contribution in [3.05, 3.63) is 0 Å². The van der Waals surface area contributed by atoms with Gasteiger partial charge in [-0.2, -0.15) is 0 Å². The molecule has 0 aromatic rings. The van der Waals surface area contributed by atoms with Gasteiger partial charge in [-0.15, -0.1) is 0 Å². The van der Waals surface area contributed by atoms with E-state index >= 15 is 0 Å². The molecule has 0 bridgehead atoms. The highest BCUT2D eigenvalue weighted by atomic mass is 16.2. The van der Waals surface area contributed by atoms with Crippen LogP contribution in [0.3, 0.4) is 0 Å². The Morgan fingerprint density at radius 1 is 1.16 bits per heavy atom. The molecule has 1 saturated heterocycles. The van der Waals surface area contributed by atoms with Gasteiger partial charge in [-0.25, -0.2) is 0 Å². The smallest absolute Gasteiger partial charge is 0.228 e. The van der Waals surface area contributed by atoms with Crippen LogP contribution in [-0.4, -0.2) is 25.0 Å². The second kappa shape index (κ2) is 5.43. The minimum absolute atomic E-state index is 0.0681. The highest BCUT2D eigenvalue weighted by molar-refractivity contribution is 5.84. The normalized spacial score (nSPS) is 42.7. The van der Waals surface area contributed by atoms with E-state index in [9.17, 15) is 4.79 Å². The van der Waals surface area contributed by atoms with Crippen LogP contribution in [0.25, 0.3) is 0 Å². The van der Waals surface area contributed by atoms with Gasteiger partial charge in [0.05, 0.1) is 5.41 Å². The third-order valence-corrected chi connectivity index (χ3v) is 5.84. The molecular weight excluding hydrogens is 236 g/mol. The van der Waals surface area contributed by atoms with Gasteiger partial charge in [0.25, 0.3) is 0 Å². The van der Waals surface area contributed by atoms with Gasteiger partial charge in [0.1, 0.15) is 0 Å². The Morgan fingerprint density at radius 2 is 1.95 bits per heavy atom. The van der Waals surface area contributed by atoms with Crippen molar-refractivity contribution < 1.29 is 4.79 Å². The van der Waals surface area contributed by atoms with E-state index in [1.807, 2.05) is 0 Å². The van der Waals surface area contributed by atoms with Gasteiger partial charge in [0.2, 0.25) is 5.91 Å². The van der Waals surface area contributed by atoms with E-state index in [1.54, 1.807) is 0 Å². The third kappa shape index (κ3) is 2.54. The van der Waals surface area contributed by atoms with Gasteiger partial charge in [-0.1, -0.05) is 19.8 Å². The second-order valence-corrected chi connectivity index (χ2v) is 7.16. The number of carbonyl (C=O) groups is 1. The molecule has 0 unspecified atom stereocenters. The summed E-state index contributed by atoms with van der Waals surface area (Å²) in [5.74, 6) is 1.80. The summed E-state index contributed by atoms with van der Waals surface area (Å²) in [6.45, 7) is 4.29. The van der Waals surface area contributed by atoms with E-state index in [0.29, 0.717) is 17.9 Å². The van der Waals surface area contributed by atoms with Crippen molar-refractivity contribution in [3.8, 4) is 0 Å². The molecule has 1 heterocycles. The molecule has 3 heteroatoms. The van der Waals surface area contributed by atoms with E-state index in [0.717, 1.165) is 25.4 Å². The van der Waals surface area contributed by atoms with Crippen molar-refractivity contribution in [2.24, 2.45) is 17.3 Å². The number of hydrogen-bond acceptors (Lipinski definition) is 2. The molecule has 0 aromatic heterocycles. The number of carbonyl (C=O) groups excluding carboxylic acids is 1. The van der Waals surface area contributed by atoms with Crippen molar-refractivity contribution in [3.63, 3.8) is 0 Å². The molecule has 3 rings (SSSR count). The van der Waals surface area contributed by atoms with Gasteiger partial charge in [-0.05, 0) is 56.9 Å². The fourth-order valence-electron chi connectivity index (χ4n) is 4.42. The lowest BCUT2D eigenvalue weighted by molar-refractivity contribution is -0.135. The van der Waals surface area contributed by atoms with Gasteiger partial charge in [0, 0.05) is 12.6 Å². The van der Waals surface area contributed by atoms with Crippen LogP contribution < -0.4 is 10.6 Å². The van der Waals surface area contributed by atoms with E-state index in [4.69, 9.17) is 0 Å². The van der Waals surface area contributed by atoms with E-state index in [2.05, 4.69) is 17.6 Å². The SMILES string of the molecule is CC1CCC(NC(=O)[C@@]23CCCC[C@H]2CNC3)CC1. The Bertz CT molecular complexity index is 336. The lowest BCUT2D eigenvalue weighted by atomic mass is 9.67. The van der Waals surface area contributed by atoms with Gasteiger partial charge < -0.3 is 10.6 Å². The second-order valence-electron chi connectivity index (χ2n) is 7.16. The zero-order valence-corrected chi connectivity index (χ0v) is 12.2. The first-order valence-electron chi connectivity index (χ1n) is 8.22. The Kier molecular flexibility index (Phi) is 3.84. The molecule has 2 aliphatic carbocycles. The largest absolute Gasteiger partial charge is 0.353 e. The first-order chi connectivity index (χ1) is 9.21. The molecule has 19 heavy (non-hydrogen) atoms. The van der Waals surface area contributed by atoms with Crippen LogP contribution in [0.2, 0.25) is 0 Å². The zero-order valence-electron chi connectivity index (χ0n) is 12.2. The van der Waals surface area contributed by atoms with Crippen LogP contribution in [0.4, 0.5) is 0 Å². The minimum atomic E-state index is -0.0681. The molecule has 1 aliphatic heterocycles. The summed E-state index contributed by atoms with van der Waals surface area (Å²) >= 11 is 0. The van der Waals surface area contributed by atoms with E-state index in [1.165, 1.54) is 44.9 Å². The summed E-state index contributed by atoms with van der Waals surface area (Å²) in [4.78, 5) is 12.8. The van der Waals surface area contributed by atoms with Crippen molar-refractivity contribution in [1.29, 1.82) is 0 Å². The molecule has 0 aromatic carbocycles. The minimum Gasteiger partial charge on any atom is -0.353 e. The van der Waals surface area contributed by atoms with Gasteiger partial charge in [-0.3, -0.25) is 4.79 Å². The standard InChI is InChI=1S/C16H28N2O/c1-12-5-7-14(8-6-12)18-15(19)16-9-3-2-4-13(16)10-17-11-16/h12-14,17H,2-11H2,1H3,(H,18,19)/t12?,13-,14?,16+/m0/s1. The first-order valence-corrected chi connectivity index (χ1v) is 8.22. The topological polar surface area (TPSA) is 41.1 Å². The van der Waals surface area contributed by atoms with Crippen LogP contribution in [0, 0.1) is 17.3 Å². The maximum Gasteiger partial charge on any atom is 0.228 e. The lowest BCUT2D eigenvalue weighted by Crippen LogP contribution is -2.51. The Morgan fingerprint density at radius 3 is 2.74 bits per heavy atom. The Balaban J connectivity index is 1.62. The van der Waals surface area contributed by atoms with Crippen LogP contribution in [0.1, 0.15) is 58.3 Å². The number of hydrogen-bond donors (Lipinski definition) is 2. The lowest BCUT2D eigenvalue weighted by Gasteiger charge is -2.39. The summed E-state index contributed by atoms with van der Waals surface area (Å²) in [5.41, 5.74) is -0.0681. The molecule has 2 atom stereocenters. The summed E-state index contributed by atoms with van der Waals surface area (Å²) in [7, 11) is 0. The predicted molar refractivity (Wildman–Crippen MR) is 76.8 cm³/mol. The van der Waals surface area contributed by atoms with Crippen LogP contribution in [-0.2, 0) is 4.79 Å². The molecule has 3 aliphatic rings. The maximum absolute atomic E-state index is 12.8. The van der Waals surface area contributed by atoms with Crippen molar-refractivity contribution in [2.45, 2.75) is 64.3 Å². The summed E-state index contributed by atoms with van der Waals surface area (Å²) in [6.07, 6.45) is 9.79. The Labute approximate surface area is 116 Å². The van der Waals surface area contributed by atoms with Crippen molar-refractivity contribution in [2.75, 3.05) is 13.1 Å². The zero-order chi connectivity index (χ0) is 13.3. The number of fused-ring (bicyclic) bond motifs is 1. The maximum atomic E-state index is 12.8. The number of nitrogens with one attached hydrogen (secondary N) is 2. The van der Waals surface area contributed by atoms with Crippen molar-refractivity contribution in [1.82, 2.24) is 10.6 Å². The fraction of sp³-hybridized carbons (Fsp3) is 0.938. The third-order valence-electron chi connectivity index (χ3n) is 5.84. The van der Waals surface area contributed by atoms with Crippen molar-refractivity contribution >= 4 is 5.91 Å². The van der Waals surface area contributed by atoms with E-state index in [-0.39, 0.29) is 5.41 Å². The fourth-order valence-corrected chi connectivity index (χ4v) is 4.42. The quantitative estimate of drug-likeness (QED) is 0.804. The highest BCUT2D eigenvalue weighted by Crippen LogP contribution is 2.44. The predicted octanol–water partition coefficient (Wildman–Crippen LogP) is 2.46. The molecule has 108 valence electrons. The summed E-state index contributed by atoms with van der Waals surface area (Å²) in [5, 5.41) is 6.86. The monoisotopic (exact) mass is 264 g/mol. The van der Waals surface area contributed by atoms with Crippen LogP contribution in [0.15, 0.2) is 0 Å². The molecule has 0 radical (unpaired) electrons. The number of amides is 1. The summed E-state index contributed by atoms with van der Waals surface area (Å²) in [6, 6.07) is 0.446. The van der Waals surface area contributed by atoms with Gasteiger partial charge in [0.15, 0.2) is 0 Å². The van der Waals surface area contributed by atoms with E-state index < -0.39 is 0 Å². The van der Waals surface area contributed by atoms with Crippen LogP contribution in [0.5, 0.6) is 0 Å². The summed E-state index contributed by atoms with van der Waals surface area (Å²) < 4.78 is 0. The molecule has 2 N–H and O–H groups in total.